The van der Waals surface area contributed by atoms with E-state index in [-0.39, 0.29) is 11.6 Å². The summed E-state index contributed by atoms with van der Waals surface area (Å²) in [5, 5.41) is 2.98. The first-order valence-corrected chi connectivity index (χ1v) is 7.48. The summed E-state index contributed by atoms with van der Waals surface area (Å²) in [5.41, 5.74) is 1.19. The Bertz CT molecular complexity index is 519. The molecule has 0 unspecified atom stereocenters. The number of amides is 1. The summed E-state index contributed by atoms with van der Waals surface area (Å²) in [6, 6.07) is 6.33. The van der Waals surface area contributed by atoms with Gasteiger partial charge in [0.2, 0.25) is 0 Å². The van der Waals surface area contributed by atoms with Crippen LogP contribution in [0.15, 0.2) is 18.2 Å². The third kappa shape index (κ3) is 2.40. The lowest BCUT2D eigenvalue weighted by Crippen LogP contribution is -2.40. The highest BCUT2D eigenvalue weighted by atomic mass is 127. The zero-order valence-electron chi connectivity index (χ0n) is 10.7. The molecular formula is C14H16INO3. The molecule has 1 saturated carbocycles. The van der Waals surface area contributed by atoms with Crippen LogP contribution in [-0.4, -0.2) is 25.3 Å². The van der Waals surface area contributed by atoms with E-state index in [1.54, 1.807) is 7.11 Å². The van der Waals surface area contributed by atoms with Crippen LogP contribution in [0.25, 0.3) is 0 Å². The Hall–Kier alpha value is -0.980. The van der Waals surface area contributed by atoms with Crippen molar-refractivity contribution in [1.82, 2.24) is 5.32 Å². The fourth-order valence-corrected chi connectivity index (χ4v) is 3.84. The molecule has 1 aromatic rings. The molecule has 2 aliphatic rings. The van der Waals surface area contributed by atoms with Crippen molar-refractivity contribution in [2.24, 2.45) is 0 Å². The van der Waals surface area contributed by atoms with Gasteiger partial charge in [-0.15, -0.1) is 0 Å². The molecule has 1 aliphatic heterocycles. The third-order valence-corrected chi connectivity index (χ3v) is 4.95. The fraction of sp³-hybridized carbons (Fsp3) is 0.500. The molecule has 19 heavy (non-hydrogen) atoms. The van der Waals surface area contributed by atoms with Crippen molar-refractivity contribution in [3.63, 3.8) is 0 Å². The average Bonchev–Trinajstić information content (AvgIpc) is 2.97. The monoisotopic (exact) mass is 373 g/mol. The van der Waals surface area contributed by atoms with E-state index in [9.17, 15) is 4.79 Å². The smallest absolute Gasteiger partial charge is 0.407 e. The number of alkyl carbamates (subject to hydrolysis) is 1. The van der Waals surface area contributed by atoms with Crippen LogP contribution in [0.3, 0.4) is 0 Å². The number of benzene rings is 1. The zero-order chi connectivity index (χ0) is 13.5. The van der Waals surface area contributed by atoms with Gasteiger partial charge in [0.05, 0.1) is 16.2 Å². The minimum Gasteiger partial charge on any atom is -0.496 e. The molecule has 1 spiro atoms. The number of ether oxygens (including phenoxy) is 2. The van der Waals surface area contributed by atoms with Crippen LogP contribution < -0.4 is 10.1 Å². The second-order valence-electron chi connectivity index (χ2n) is 5.32. The molecule has 1 saturated heterocycles. The molecule has 5 heteroatoms. The molecule has 102 valence electrons. The Morgan fingerprint density at radius 3 is 3.00 bits per heavy atom. The molecule has 0 aromatic heterocycles. The van der Waals surface area contributed by atoms with Crippen molar-refractivity contribution < 1.29 is 14.3 Å². The van der Waals surface area contributed by atoms with Crippen LogP contribution in [0.1, 0.15) is 30.7 Å². The normalized spacial score (nSPS) is 29.4. The first kappa shape index (κ1) is 13.0. The minimum absolute atomic E-state index is 0.132. The van der Waals surface area contributed by atoms with E-state index in [1.165, 1.54) is 5.56 Å². The van der Waals surface area contributed by atoms with Gasteiger partial charge in [-0.25, -0.2) is 4.79 Å². The summed E-state index contributed by atoms with van der Waals surface area (Å²) in [6.45, 7) is 0.510. The SMILES string of the molecule is COc1ccc([C@@H]2CC[C@]3(COC(=O)N3)C2)cc1I. The van der Waals surface area contributed by atoms with Crippen molar-refractivity contribution in [2.45, 2.75) is 30.7 Å². The first-order valence-electron chi connectivity index (χ1n) is 6.40. The number of halogens is 1. The van der Waals surface area contributed by atoms with E-state index in [0.717, 1.165) is 28.6 Å². The standard InChI is InChI=1S/C14H16INO3/c1-18-12-3-2-9(6-11(12)15)10-4-5-14(7-10)8-19-13(17)16-14/h2-3,6,10H,4-5,7-8H2,1H3,(H,16,17)/t10-,14-/m1/s1. The lowest BCUT2D eigenvalue weighted by Gasteiger charge is -2.20. The van der Waals surface area contributed by atoms with E-state index >= 15 is 0 Å². The summed E-state index contributed by atoms with van der Waals surface area (Å²) >= 11 is 2.30. The number of cyclic esters (lactones) is 1. The largest absolute Gasteiger partial charge is 0.496 e. The van der Waals surface area contributed by atoms with Gasteiger partial charge in [0.15, 0.2) is 0 Å². The number of rotatable bonds is 2. The first-order chi connectivity index (χ1) is 9.12. The molecule has 4 nitrogen and oxygen atoms in total. The maximum Gasteiger partial charge on any atom is 0.407 e. The molecular weight excluding hydrogens is 357 g/mol. The van der Waals surface area contributed by atoms with Gasteiger partial charge in [-0.2, -0.15) is 0 Å². The highest BCUT2D eigenvalue weighted by molar-refractivity contribution is 14.1. The summed E-state index contributed by atoms with van der Waals surface area (Å²) in [6.07, 6.45) is 2.77. The van der Waals surface area contributed by atoms with Gasteiger partial charge in [-0.1, -0.05) is 6.07 Å². The molecule has 0 bridgehead atoms. The van der Waals surface area contributed by atoms with Gasteiger partial charge < -0.3 is 14.8 Å². The Morgan fingerprint density at radius 2 is 2.37 bits per heavy atom. The quantitative estimate of drug-likeness (QED) is 0.811. The van der Waals surface area contributed by atoms with Crippen molar-refractivity contribution in [2.75, 3.05) is 13.7 Å². The number of nitrogens with one attached hydrogen (secondary N) is 1. The van der Waals surface area contributed by atoms with E-state index in [4.69, 9.17) is 9.47 Å². The molecule has 3 rings (SSSR count). The summed E-state index contributed by atoms with van der Waals surface area (Å²) in [4.78, 5) is 11.2. The van der Waals surface area contributed by atoms with E-state index in [2.05, 4.69) is 40.0 Å². The van der Waals surface area contributed by atoms with Crippen molar-refractivity contribution >= 4 is 28.7 Å². The van der Waals surface area contributed by atoms with Crippen molar-refractivity contribution in [3.8, 4) is 5.75 Å². The molecule has 2 fully saturated rings. The average molecular weight is 373 g/mol. The number of methoxy groups -OCH3 is 1. The Morgan fingerprint density at radius 1 is 1.53 bits per heavy atom. The molecule has 0 radical (unpaired) electrons. The lowest BCUT2D eigenvalue weighted by molar-refractivity contribution is 0.172. The number of carbonyl (C=O) groups is 1. The molecule has 1 N–H and O–H groups in total. The molecule has 1 heterocycles. The van der Waals surface area contributed by atoms with Crippen LogP contribution in [-0.2, 0) is 4.74 Å². The van der Waals surface area contributed by atoms with Gasteiger partial charge >= 0.3 is 6.09 Å². The van der Waals surface area contributed by atoms with Crippen LogP contribution >= 0.6 is 22.6 Å². The van der Waals surface area contributed by atoms with Crippen LogP contribution in [0.4, 0.5) is 4.79 Å². The second kappa shape index (κ2) is 4.85. The zero-order valence-corrected chi connectivity index (χ0v) is 12.9. The van der Waals surface area contributed by atoms with Gasteiger partial charge in [0, 0.05) is 0 Å². The van der Waals surface area contributed by atoms with E-state index < -0.39 is 0 Å². The van der Waals surface area contributed by atoms with Crippen LogP contribution in [0, 0.1) is 3.57 Å². The molecule has 1 aliphatic carbocycles. The van der Waals surface area contributed by atoms with E-state index in [1.807, 2.05) is 6.07 Å². The summed E-state index contributed by atoms with van der Waals surface area (Å²) < 4.78 is 11.5. The van der Waals surface area contributed by atoms with Gasteiger partial charge in [0.25, 0.3) is 0 Å². The van der Waals surface area contributed by atoms with Gasteiger partial charge in [-0.05, 0) is 65.5 Å². The fourth-order valence-electron chi connectivity index (χ4n) is 3.08. The highest BCUT2D eigenvalue weighted by Gasteiger charge is 2.45. The van der Waals surface area contributed by atoms with Crippen LogP contribution in [0.5, 0.6) is 5.75 Å². The minimum atomic E-state index is -0.273. The Balaban J connectivity index is 1.78. The van der Waals surface area contributed by atoms with Crippen molar-refractivity contribution in [3.05, 3.63) is 27.3 Å². The number of hydrogen-bond acceptors (Lipinski definition) is 3. The van der Waals surface area contributed by atoms with E-state index in [0.29, 0.717) is 12.5 Å². The van der Waals surface area contributed by atoms with Crippen molar-refractivity contribution in [1.29, 1.82) is 0 Å². The highest BCUT2D eigenvalue weighted by Crippen LogP contribution is 2.43. The second-order valence-corrected chi connectivity index (χ2v) is 6.48. The summed E-state index contributed by atoms with van der Waals surface area (Å²) in [7, 11) is 1.69. The van der Waals surface area contributed by atoms with Gasteiger partial charge in [-0.3, -0.25) is 0 Å². The van der Waals surface area contributed by atoms with Crippen LogP contribution in [0.2, 0.25) is 0 Å². The van der Waals surface area contributed by atoms with Gasteiger partial charge in [0.1, 0.15) is 12.4 Å². The lowest BCUT2D eigenvalue weighted by atomic mass is 9.93. The molecule has 1 amide bonds. The topological polar surface area (TPSA) is 47.6 Å². The number of carbonyl (C=O) groups excluding carboxylic acids is 1. The molecule has 2 atom stereocenters. The maximum absolute atomic E-state index is 11.2. The maximum atomic E-state index is 11.2. The molecule has 1 aromatic carbocycles. The Labute approximate surface area is 126 Å². The predicted octanol–water partition coefficient (Wildman–Crippen LogP) is 3.05. The number of hydrogen-bond donors (Lipinski definition) is 1. The summed E-state index contributed by atoms with van der Waals surface area (Å²) in [5.74, 6) is 1.40. The predicted molar refractivity (Wildman–Crippen MR) is 79.5 cm³/mol. The Kier molecular flexibility index (Phi) is 3.32. The third-order valence-electron chi connectivity index (χ3n) is 4.10.